The van der Waals surface area contributed by atoms with Gasteiger partial charge in [-0.15, -0.1) is 5.10 Å². The molecule has 1 aromatic carbocycles. The van der Waals surface area contributed by atoms with Gasteiger partial charge in [-0.1, -0.05) is 46.7 Å². The molecule has 0 saturated carbocycles. The van der Waals surface area contributed by atoms with Gasteiger partial charge in [0.2, 0.25) is 5.91 Å². The van der Waals surface area contributed by atoms with E-state index in [2.05, 4.69) is 31.4 Å². The molecule has 0 spiro atoms. The van der Waals surface area contributed by atoms with E-state index >= 15 is 0 Å². The van der Waals surface area contributed by atoms with E-state index in [9.17, 15) is 4.79 Å². The maximum absolute atomic E-state index is 11.5. The summed E-state index contributed by atoms with van der Waals surface area (Å²) >= 11 is 4.82. The summed E-state index contributed by atoms with van der Waals surface area (Å²) in [6, 6.07) is 7.86. The van der Waals surface area contributed by atoms with E-state index in [0.29, 0.717) is 5.17 Å². The first-order valence-corrected chi connectivity index (χ1v) is 7.63. The normalized spacial score (nSPS) is 21.8. The van der Waals surface area contributed by atoms with Crippen LogP contribution in [0.4, 0.5) is 0 Å². The molecule has 19 heavy (non-hydrogen) atoms. The third-order valence-electron chi connectivity index (χ3n) is 2.70. The molecule has 1 aliphatic rings. The Labute approximate surface area is 124 Å². The van der Waals surface area contributed by atoms with Crippen molar-refractivity contribution in [3.8, 4) is 0 Å². The monoisotopic (exact) mass is 339 g/mol. The highest BCUT2D eigenvalue weighted by Crippen LogP contribution is 2.22. The standard InChI is InChI=1S/C13H14BrN3OS/c1-3-11-12(18)15-13(19-11)17-16-8(2)9-4-6-10(14)7-5-9/h4-7,11H,3H2,1-2H3,(H,15,17,18)/b16-8+/t11-/m0/s1. The van der Waals surface area contributed by atoms with Gasteiger partial charge in [0.05, 0.1) is 11.0 Å². The van der Waals surface area contributed by atoms with E-state index < -0.39 is 0 Å². The van der Waals surface area contributed by atoms with Crippen molar-refractivity contribution in [2.24, 2.45) is 10.2 Å². The minimum atomic E-state index is -0.0399. The summed E-state index contributed by atoms with van der Waals surface area (Å²) in [5.41, 5.74) is 1.82. The number of hydrogen-bond donors (Lipinski definition) is 1. The number of carbonyl (C=O) groups excluding carboxylic acids is 1. The van der Waals surface area contributed by atoms with E-state index in [1.807, 2.05) is 38.1 Å². The topological polar surface area (TPSA) is 53.8 Å². The second-order valence-electron chi connectivity index (χ2n) is 4.10. The molecule has 1 aromatic rings. The van der Waals surface area contributed by atoms with E-state index in [4.69, 9.17) is 0 Å². The van der Waals surface area contributed by atoms with Crippen LogP contribution in [0.1, 0.15) is 25.8 Å². The Morgan fingerprint density at radius 3 is 2.68 bits per heavy atom. The van der Waals surface area contributed by atoms with Crippen LogP contribution in [0.5, 0.6) is 0 Å². The van der Waals surface area contributed by atoms with Crippen molar-refractivity contribution in [2.45, 2.75) is 25.5 Å². The second-order valence-corrected chi connectivity index (χ2v) is 6.21. The molecule has 0 radical (unpaired) electrons. The van der Waals surface area contributed by atoms with Gasteiger partial charge in [0.15, 0.2) is 5.17 Å². The Morgan fingerprint density at radius 1 is 1.42 bits per heavy atom. The number of benzene rings is 1. The number of hydrogen-bond acceptors (Lipinski definition) is 4. The molecule has 1 amide bonds. The van der Waals surface area contributed by atoms with Crippen molar-refractivity contribution in [1.29, 1.82) is 0 Å². The van der Waals surface area contributed by atoms with Crippen LogP contribution in [0, 0.1) is 0 Å². The predicted molar refractivity (Wildman–Crippen MR) is 83.6 cm³/mol. The molecule has 100 valence electrons. The Kier molecular flexibility index (Phi) is 4.76. The number of nitrogens with one attached hydrogen (secondary N) is 1. The molecule has 2 rings (SSSR count). The summed E-state index contributed by atoms with van der Waals surface area (Å²) in [6.45, 7) is 3.88. The highest BCUT2D eigenvalue weighted by molar-refractivity contribution is 9.10. The van der Waals surface area contributed by atoms with Crippen molar-refractivity contribution >= 4 is 44.5 Å². The predicted octanol–water partition coefficient (Wildman–Crippen LogP) is 3.17. The van der Waals surface area contributed by atoms with Crippen LogP contribution in [0.15, 0.2) is 38.9 Å². The molecule has 6 heteroatoms. The van der Waals surface area contributed by atoms with Crippen LogP contribution in [0.25, 0.3) is 0 Å². The van der Waals surface area contributed by atoms with Gasteiger partial charge in [-0.3, -0.25) is 4.79 Å². The van der Waals surface area contributed by atoms with Gasteiger partial charge >= 0.3 is 0 Å². The van der Waals surface area contributed by atoms with Gasteiger partial charge in [0.1, 0.15) is 0 Å². The summed E-state index contributed by atoms with van der Waals surface area (Å²) in [4.78, 5) is 11.5. The molecule has 1 atom stereocenters. The van der Waals surface area contributed by atoms with Gasteiger partial charge < -0.3 is 5.32 Å². The molecular weight excluding hydrogens is 326 g/mol. The van der Waals surface area contributed by atoms with E-state index in [1.165, 1.54) is 11.8 Å². The molecule has 1 saturated heterocycles. The Hall–Kier alpha value is -1.14. The molecule has 1 fully saturated rings. The van der Waals surface area contributed by atoms with Gasteiger partial charge in [0, 0.05) is 4.47 Å². The Bertz CT molecular complexity index is 539. The quantitative estimate of drug-likeness (QED) is 0.679. The number of rotatable bonds is 3. The summed E-state index contributed by atoms with van der Waals surface area (Å²) in [5.74, 6) is 0.0164. The summed E-state index contributed by atoms with van der Waals surface area (Å²) in [6.07, 6.45) is 0.797. The molecule has 0 bridgehead atoms. The van der Waals surface area contributed by atoms with Gasteiger partial charge in [0.25, 0.3) is 0 Å². The third kappa shape index (κ3) is 3.67. The van der Waals surface area contributed by atoms with Crippen molar-refractivity contribution in [1.82, 2.24) is 5.32 Å². The van der Waals surface area contributed by atoms with Gasteiger partial charge in [-0.05, 0) is 31.0 Å². The first kappa shape index (κ1) is 14.3. The minimum absolute atomic E-state index is 0.0164. The van der Waals surface area contributed by atoms with E-state index in [1.54, 1.807) is 0 Å². The van der Waals surface area contributed by atoms with Gasteiger partial charge in [-0.25, -0.2) is 0 Å². The van der Waals surface area contributed by atoms with Crippen LogP contribution in [-0.2, 0) is 4.79 Å². The summed E-state index contributed by atoms with van der Waals surface area (Å²) in [7, 11) is 0. The number of halogens is 1. The highest BCUT2D eigenvalue weighted by atomic mass is 79.9. The average Bonchev–Trinajstić information content (AvgIpc) is 2.77. The lowest BCUT2D eigenvalue weighted by Crippen LogP contribution is -2.24. The molecule has 1 N–H and O–H groups in total. The van der Waals surface area contributed by atoms with Crippen LogP contribution >= 0.6 is 27.7 Å². The fourth-order valence-electron chi connectivity index (χ4n) is 1.59. The van der Waals surface area contributed by atoms with E-state index in [-0.39, 0.29) is 11.2 Å². The molecule has 0 unspecified atom stereocenters. The first-order valence-electron chi connectivity index (χ1n) is 5.96. The minimum Gasteiger partial charge on any atom is -0.303 e. The fourth-order valence-corrected chi connectivity index (χ4v) is 2.70. The molecular formula is C13H14BrN3OS. The van der Waals surface area contributed by atoms with Crippen molar-refractivity contribution in [3.05, 3.63) is 34.3 Å². The highest BCUT2D eigenvalue weighted by Gasteiger charge is 2.28. The smallest absolute Gasteiger partial charge is 0.239 e. The zero-order chi connectivity index (χ0) is 13.8. The molecule has 0 aliphatic carbocycles. The van der Waals surface area contributed by atoms with Crippen molar-refractivity contribution in [3.63, 3.8) is 0 Å². The lowest BCUT2D eigenvalue weighted by molar-refractivity contribution is -0.118. The SMILES string of the molecule is CC[C@@H]1S/C(=N/N=C(\C)c2ccc(Br)cc2)NC1=O. The van der Waals surface area contributed by atoms with Crippen LogP contribution in [0.2, 0.25) is 0 Å². The van der Waals surface area contributed by atoms with E-state index in [0.717, 1.165) is 22.2 Å². The maximum Gasteiger partial charge on any atom is 0.239 e. The van der Waals surface area contributed by atoms with Crippen LogP contribution in [0.3, 0.4) is 0 Å². The maximum atomic E-state index is 11.5. The molecule has 0 aromatic heterocycles. The summed E-state index contributed by atoms with van der Waals surface area (Å²) in [5, 5.41) is 11.5. The number of carbonyl (C=O) groups is 1. The third-order valence-corrected chi connectivity index (χ3v) is 4.47. The lowest BCUT2D eigenvalue weighted by atomic mass is 10.1. The Balaban J connectivity index is 2.10. The zero-order valence-corrected chi connectivity index (χ0v) is 13.1. The lowest BCUT2D eigenvalue weighted by Gasteiger charge is -1.99. The molecule has 1 aliphatic heterocycles. The number of thioether (sulfide) groups is 1. The van der Waals surface area contributed by atoms with Crippen LogP contribution < -0.4 is 5.32 Å². The van der Waals surface area contributed by atoms with Gasteiger partial charge in [-0.2, -0.15) is 5.10 Å². The number of amidine groups is 1. The van der Waals surface area contributed by atoms with Crippen molar-refractivity contribution in [2.75, 3.05) is 0 Å². The first-order chi connectivity index (χ1) is 9.10. The average molecular weight is 340 g/mol. The second kappa shape index (κ2) is 6.34. The number of amides is 1. The van der Waals surface area contributed by atoms with Crippen molar-refractivity contribution < 1.29 is 4.79 Å². The molecule has 4 nitrogen and oxygen atoms in total. The molecule has 1 heterocycles. The van der Waals surface area contributed by atoms with Crippen LogP contribution in [-0.4, -0.2) is 22.0 Å². The number of nitrogens with zero attached hydrogens (tertiary/aromatic N) is 2. The fraction of sp³-hybridized carbons (Fsp3) is 0.308. The largest absolute Gasteiger partial charge is 0.303 e. The Morgan fingerprint density at radius 2 is 2.11 bits per heavy atom. The zero-order valence-electron chi connectivity index (χ0n) is 10.7. The summed E-state index contributed by atoms with van der Waals surface area (Å²) < 4.78 is 1.03.